The Morgan fingerprint density at radius 3 is 2.57 bits per heavy atom. The van der Waals surface area contributed by atoms with Gasteiger partial charge >= 0.3 is 12.1 Å². The van der Waals surface area contributed by atoms with Crippen molar-refractivity contribution in [1.82, 2.24) is 0 Å². The van der Waals surface area contributed by atoms with Gasteiger partial charge in [-0.2, -0.15) is 18.3 Å². The molecule has 0 bridgehead atoms. The van der Waals surface area contributed by atoms with Crippen LogP contribution in [0.25, 0.3) is 0 Å². The van der Waals surface area contributed by atoms with Gasteiger partial charge < -0.3 is 9.84 Å². The number of carbonyl (C=O) groups excluding carboxylic acids is 1. The number of halogens is 3. The zero-order chi connectivity index (χ0) is 16.0. The molecule has 0 aromatic heterocycles. The van der Waals surface area contributed by atoms with E-state index in [0.29, 0.717) is 0 Å². The Labute approximate surface area is 118 Å². The summed E-state index contributed by atoms with van der Waals surface area (Å²) >= 11 is 0. The van der Waals surface area contributed by atoms with Crippen LogP contribution < -0.4 is 0 Å². The highest BCUT2D eigenvalue weighted by Crippen LogP contribution is 2.28. The molecule has 1 rings (SSSR count). The lowest BCUT2D eigenvalue weighted by Crippen LogP contribution is -2.18. The third kappa shape index (κ3) is 4.90. The summed E-state index contributed by atoms with van der Waals surface area (Å²) in [6.07, 6.45) is -5.12. The van der Waals surface area contributed by atoms with Gasteiger partial charge in [0.25, 0.3) is 0 Å². The molecule has 1 aromatic rings. The number of rotatable bonds is 4. The van der Waals surface area contributed by atoms with Gasteiger partial charge in [0.1, 0.15) is 0 Å². The van der Waals surface area contributed by atoms with Gasteiger partial charge in [0.2, 0.25) is 11.5 Å². The van der Waals surface area contributed by atoms with E-state index in [4.69, 9.17) is 5.11 Å². The van der Waals surface area contributed by atoms with Crippen molar-refractivity contribution in [1.29, 1.82) is 0 Å². The number of ether oxygens (including phenoxy) is 1. The van der Waals surface area contributed by atoms with Crippen molar-refractivity contribution in [2.24, 2.45) is 10.2 Å². The molecule has 0 amide bonds. The monoisotopic (exact) mass is 302 g/mol. The first kappa shape index (κ1) is 16.7. The fraction of sp³-hybridized carbons (Fsp3) is 0.308. The molecule has 5 nitrogen and oxygen atoms in total. The molecule has 21 heavy (non-hydrogen) atoms. The Morgan fingerprint density at radius 1 is 1.38 bits per heavy atom. The molecular formula is C13H13F3N2O3. The highest BCUT2D eigenvalue weighted by atomic mass is 19.4. The predicted octanol–water partition coefficient (Wildman–Crippen LogP) is 3.97. The molecule has 0 heterocycles. The molecule has 0 fully saturated rings. The minimum absolute atomic E-state index is 0.159. The molecule has 1 aromatic carbocycles. The molecule has 0 radical (unpaired) electrons. The summed E-state index contributed by atoms with van der Waals surface area (Å²) in [4.78, 5) is 11.4. The summed E-state index contributed by atoms with van der Waals surface area (Å²) < 4.78 is 41.8. The number of aliphatic hydroxyl groups is 1. The van der Waals surface area contributed by atoms with E-state index in [2.05, 4.69) is 15.0 Å². The summed E-state index contributed by atoms with van der Waals surface area (Å²) in [5, 5.41) is 15.8. The Kier molecular flexibility index (Phi) is 5.45. The highest BCUT2D eigenvalue weighted by Gasteiger charge is 2.39. The number of nitrogens with zero attached hydrogens (tertiary/aromatic N) is 2. The molecule has 8 heteroatoms. The predicted molar refractivity (Wildman–Crippen MR) is 68.0 cm³/mol. The van der Waals surface area contributed by atoms with Gasteiger partial charge in [-0.25, -0.2) is 4.79 Å². The largest absolute Gasteiger partial charge is 0.502 e. The van der Waals surface area contributed by atoms with Crippen LogP contribution >= 0.6 is 0 Å². The summed E-state index contributed by atoms with van der Waals surface area (Å²) in [5.41, 5.74) is -0.231. The quantitative estimate of drug-likeness (QED) is 0.396. The molecule has 0 saturated carbocycles. The highest BCUT2D eigenvalue weighted by molar-refractivity contribution is 5.88. The number of hydrogen-bond donors (Lipinski definition) is 1. The second-order valence-electron chi connectivity index (χ2n) is 3.95. The average Bonchev–Trinajstić information content (AvgIpc) is 2.38. The van der Waals surface area contributed by atoms with Gasteiger partial charge in [-0.1, -0.05) is 12.1 Å². The summed E-state index contributed by atoms with van der Waals surface area (Å²) in [7, 11) is 0. The second-order valence-corrected chi connectivity index (χ2v) is 3.95. The third-order valence-electron chi connectivity index (χ3n) is 2.23. The van der Waals surface area contributed by atoms with E-state index in [-0.39, 0.29) is 12.3 Å². The van der Waals surface area contributed by atoms with E-state index in [1.54, 1.807) is 25.1 Å². The van der Waals surface area contributed by atoms with Gasteiger partial charge in [0, 0.05) is 0 Å². The molecule has 1 N–H and O–H groups in total. The molecule has 0 aliphatic heterocycles. The normalized spacial score (nSPS) is 13.2. The summed E-state index contributed by atoms with van der Waals surface area (Å²) in [6.45, 7) is 3.01. The van der Waals surface area contributed by atoms with Gasteiger partial charge in [-0.15, -0.1) is 5.11 Å². The molecule has 0 spiro atoms. The number of hydrogen-bond acceptors (Lipinski definition) is 5. The molecule has 0 aliphatic rings. The minimum atomic E-state index is -5.12. The third-order valence-corrected chi connectivity index (χ3v) is 2.23. The summed E-state index contributed by atoms with van der Waals surface area (Å²) in [5.74, 6) is -3.54. The maximum atomic E-state index is 12.5. The van der Waals surface area contributed by atoms with E-state index in [1.165, 1.54) is 13.0 Å². The number of alkyl halides is 3. The fourth-order valence-corrected chi connectivity index (χ4v) is 1.32. The van der Waals surface area contributed by atoms with E-state index < -0.39 is 23.6 Å². The van der Waals surface area contributed by atoms with Crippen LogP contribution in [0.4, 0.5) is 18.9 Å². The van der Waals surface area contributed by atoms with Crippen molar-refractivity contribution < 1.29 is 27.8 Å². The van der Waals surface area contributed by atoms with E-state index in [1.807, 2.05) is 0 Å². The smallest absolute Gasteiger partial charge is 0.451 e. The lowest BCUT2D eigenvalue weighted by Gasteiger charge is -2.08. The molecule has 0 saturated heterocycles. The zero-order valence-corrected chi connectivity index (χ0v) is 11.3. The first-order valence-corrected chi connectivity index (χ1v) is 5.91. The van der Waals surface area contributed by atoms with Crippen LogP contribution in [0.2, 0.25) is 0 Å². The van der Waals surface area contributed by atoms with E-state index in [9.17, 15) is 18.0 Å². The van der Waals surface area contributed by atoms with Crippen molar-refractivity contribution in [3.63, 3.8) is 0 Å². The number of allylic oxidation sites excluding steroid dienone is 1. The van der Waals surface area contributed by atoms with Gasteiger partial charge in [0.15, 0.2) is 0 Å². The van der Waals surface area contributed by atoms with Crippen LogP contribution in [-0.2, 0) is 9.53 Å². The lowest BCUT2D eigenvalue weighted by atomic mass is 10.2. The first-order chi connectivity index (χ1) is 9.75. The Hall–Kier alpha value is -2.38. The number of aryl methyl sites for hydroxylation is 1. The van der Waals surface area contributed by atoms with Gasteiger partial charge in [-0.05, 0) is 31.5 Å². The van der Waals surface area contributed by atoms with Crippen molar-refractivity contribution in [2.45, 2.75) is 20.0 Å². The van der Waals surface area contributed by atoms with Crippen LogP contribution in [0.1, 0.15) is 12.5 Å². The van der Waals surface area contributed by atoms with E-state index >= 15 is 0 Å². The second kappa shape index (κ2) is 6.87. The topological polar surface area (TPSA) is 71.2 Å². The number of azo groups is 1. The van der Waals surface area contributed by atoms with Crippen molar-refractivity contribution in [3.05, 3.63) is 41.3 Å². The van der Waals surface area contributed by atoms with Crippen molar-refractivity contribution >= 4 is 11.7 Å². The van der Waals surface area contributed by atoms with Crippen LogP contribution in [0, 0.1) is 6.92 Å². The van der Waals surface area contributed by atoms with Crippen LogP contribution in [-0.4, -0.2) is 23.9 Å². The van der Waals surface area contributed by atoms with Gasteiger partial charge in [-0.3, -0.25) is 0 Å². The maximum absolute atomic E-state index is 12.5. The molecule has 0 atom stereocenters. The number of benzene rings is 1. The SMILES string of the molecule is CCOC(=O)/C(N=Nc1cccc(C)c1)=C(/O)C(F)(F)F. The fourth-order valence-electron chi connectivity index (χ4n) is 1.32. The van der Waals surface area contributed by atoms with Crippen LogP contribution in [0.5, 0.6) is 0 Å². The Morgan fingerprint density at radius 2 is 2.05 bits per heavy atom. The molecular weight excluding hydrogens is 289 g/mol. The number of aliphatic hydroxyl groups excluding tert-OH is 1. The molecule has 114 valence electrons. The van der Waals surface area contributed by atoms with E-state index in [0.717, 1.165) is 5.56 Å². The van der Waals surface area contributed by atoms with Crippen molar-refractivity contribution in [3.8, 4) is 0 Å². The standard InChI is InChI=1S/C13H13F3N2O3/c1-3-21-12(20)10(11(19)13(14,15)16)18-17-9-6-4-5-8(2)7-9/h4-7,19H,3H2,1-2H3/b11-10-,18-17?. The molecule has 0 aliphatic carbocycles. The number of esters is 1. The zero-order valence-electron chi connectivity index (χ0n) is 11.3. The summed E-state index contributed by atoms with van der Waals surface area (Å²) in [6, 6.07) is 6.43. The van der Waals surface area contributed by atoms with Gasteiger partial charge in [0.05, 0.1) is 12.3 Å². The molecule has 0 unspecified atom stereocenters. The number of carbonyl (C=O) groups is 1. The minimum Gasteiger partial charge on any atom is -0.502 e. The lowest BCUT2D eigenvalue weighted by molar-refractivity contribution is -0.143. The first-order valence-electron chi connectivity index (χ1n) is 5.91. The maximum Gasteiger partial charge on any atom is 0.451 e. The Bertz CT molecular complexity index is 580. The van der Waals surface area contributed by atoms with Crippen molar-refractivity contribution in [2.75, 3.05) is 6.61 Å². The van der Waals surface area contributed by atoms with Crippen LogP contribution in [0.3, 0.4) is 0 Å². The average molecular weight is 302 g/mol. The van der Waals surface area contributed by atoms with Crippen LogP contribution in [0.15, 0.2) is 46.0 Å². The Balaban J connectivity index is 3.18.